The molecule has 0 saturated heterocycles. The molecule has 0 fully saturated rings. The second kappa shape index (κ2) is 5.80. The molecule has 0 aliphatic rings. The topological polar surface area (TPSA) is 123 Å². The zero-order valence-corrected chi connectivity index (χ0v) is 12.7. The summed E-state index contributed by atoms with van der Waals surface area (Å²) < 4.78 is 44.8. The van der Waals surface area contributed by atoms with Crippen LogP contribution in [0.4, 0.5) is 5.69 Å². The van der Waals surface area contributed by atoms with Gasteiger partial charge in [-0.1, -0.05) is 0 Å². The first kappa shape index (κ1) is 16.4. The monoisotopic (exact) mass is 320 g/mol. The molecule has 112 valence electrons. The van der Waals surface area contributed by atoms with Gasteiger partial charge in [-0.15, -0.1) is 0 Å². The van der Waals surface area contributed by atoms with Crippen molar-refractivity contribution in [3.8, 4) is 0 Å². The van der Waals surface area contributed by atoms with Crippen molar-refractivity contribution in [2.75, 3.05) is 30.5 Å². The van der Waals surface area contributed by atoms with Gasteiger partial charge in [-0.3, -0.25) is 4.79 Å². The predicted molar refractivity (Wildman–Crippen MR) is 76.0 cm³/mol. The highest BCUT2D eigenvalue weighted by molar-refractivity contribution is 7.91. The van der Waals surface area contributed by atoms with Crippen LogP contribution in [0.2, 0.25) is 0 Å². The Morgan fingerprint density at radius 2 is 1.75 bits per heavy atom. The van der Waals surface area contributed by atoms with Crippen molar-refractivity contribution in [1.29, 1.82) is 0 Å². The minimum Gasteiger partial charge on any atom is -0.399 e. The molecule has 0 saturated carbocycles. The molecule has 20 heavy (non-hydrogen) atoms. The molecule has 1 rings (SSSR count). The second-order valence-corrected chi connectivity index (χ2v) is 8.72. The maximum atomic E-state index is 11.8. The number of hydrogen-bond donors (Lipinski definition) is 2. The summed E-state index contributed by atoms with van der Waals surface area (Å²) in [6.07, 6.45) is 2.06. The SMILES string of the molecule is CS(=O)(=O)CCNC(=O)c1cc(N)cc(S(C)(=O)=O)c1. The minimum absolute atomic E-state index is 0.0549. The summed E-state index contributed by atoms with van der Waals surface area (Å²) in [6, 6.07) is 3.77. The van der Waals surface area contributed by atoms with E-state index in [1.807, 2.05) is 0 Å². The van der Waals surface area contributed by atoms with Gasteiger partial charge in [0.25, 0.3) is 5.91 Å². The van der Waals surface area contributed by atoms with Crippen LogP contribution in [0.5, 0.6) is 0 Å². The summed E-state index contributed by atoms with van der Waals surface area (Å²) in [6.45, 7) is -0.0549. The molecule has 0 unspecified atom stereocenters. The Hall–Kier alpha value is -1.61. The Morgan fingerprint density at radius 3 is 2.25 bits per heavy atom. The van der Waals surface area contributed by atoms with Gasteiger partial charge in [-0.05, 0) is 18.2 Å². The summed E-state index contributed by atoms with van der Waals surface area (Å²) in [5.41, 5.74) is 5.76. The van der Waals surface area contributed by atoms with Crippen molar-refractivity contribution in [2.24, 2.45) is 0 Å². The van der Waals surface area contributed by atoms with E-state index in [9.17, 15) is 21.6 Å². The van der Waals surface area contributed by atoms with Crippen LogP contribution in [0.1, 0.15) is 10.4 Å². The van der Waals surface area contributed by atoms with Crippen molar-refractivity contribution >= 4 is 31.3 Å². The third-order valence-corrected chi connectivity index (χ3v) is 4.42. The number of amides is 1. The molecule has 1 amide bonds. The molecule has 1 aromatic carbocycles. The number of rotatable bonds is 5. The summed E-state index contributed by atoms with van der Waals surface area (Å²) in [7, 11) is -6.66. The number of anilines is 1. The number of sulfone groups is 2. The van der Waals surface area contributed by atoms with Crippen molar-refractivity contribution in [3.63, 3.8) is 0 Å². The smallest absolute Gasteiger partial charge is 0.251 e. The molecule has 0 spiro atoms. The molecule has 0 aliphatic heterocycles. The fourth-order valence-electron chi connectivity index (χ4n) is 1.42. The Bertz CT molecular complexity index is 723. The molecular formula is C11H16N2O5S2. The van der Waals surface area contributed by atoms with Crippen molar-refractivity contribution in [3.05, 3.63) is 23.8 Å². The first-order valence-electron chi connectivity index (χ1n) is 5.55. The van der Waals surface area contributed by atoms with E-state index in [1.54, 1.807) is 0 Å². The van der Waals surface area contributed by atoms with Crippen LogP contribution in [0.15, 0.2) is 23.1 Å². The van der Waals surface area contributed by atoms with Gasteiger partial charge in [0.2, 0.25) is 0 Å². The van der Waals surface area contributed by atoms with Gasteiger partial charge in [0.1, 0.15) is 9.84 Å². The Balaban J connectivity index is 2.92. The number of carbonyl (C=O) groups excluding carboxylic acids is 1. The predicted octanol–water partition coefficient (Wildman–Crippen LogP) is -0.553. The molecule has 0 atom stereocenters. The minimum atomic E-state index is -3.48. The summed E-state index contributed by atoms with van der Waals surface area (Å²) in [5, 5.41) is 2.39. The van der Waals surface area contributed by atoms with Crippen LogP contribution >= 0.6 is 0 Å². The molecule has 0 aromatic heterocycles. The fraction of sp³-hybridized carbons (Fsp3) is 0.364. The lowest BCUT2D eigenvalue weighted by molar-refractivity contribution is 0.0956. The van der Waals surface area contributed by atoms with Gasteiger partial charge in [-0.2, -0.15) is 0 Å². The Morgan fingerprint density at radius 1 is 1.15 bits per heavy atom. The van der Waals surface area contributed by atoms with Gasteiger partial charge < -0.3 is 11.1 Å². The van der Waals surface area contributed by atoms with E-state index in [1.165, 1.54) is 18.2 Å². The highest BCUT2D eigenvalue weighted by Gasteiger charge is 2.13. The van der Waals surface area contributed by atoms with Crippen LogP contribution in [0, 0.1) is 0 Å². The zero-order chi connectivity index (χ0) is 15.6. The maximum absolute atomic E-state index is 11.8. The number of benzene rings is 1. The molecule has 1 aromatic rings. The highest BCUT2D eigenvalue weighted by Crippen LogP contribution is 2.16. The second-order valence-electron chi connectivity index (χ2n) is 4.45. The number of hydrogen-bond acceptors (Lipinski definition) is 6. The van der Waals surface area contributed by atoms with E-state index in [0.717, 1.165) is 12.5 Å². The molecule has 0 aliphatic carbocycles. The molecule has 7 nitrogen and oxygen atoms in total. The molecule has 9 heteroatoms. The number of nitrogen functional groups attached to an aromatic ring is 1. The Labute approximate surface area is 118 Å². The van der Waals surface area contributed by atoms with Crippen LogP contribution < -0.4 is 11.1 Å². The van der Waals surface area contributed by atoms with Gasteiger partial charge >= 0.3 is 0 Å². The van der Waals surface area contributed by atoms with Crippen LogP contribution in [-0.4, -0.2) is 47.6 Å². The van der Waals surface area contributed by atoms with Crippen molar-refractivity contribution in [1.82, 2.24) is 5.32 Å². The lowest BCUT2D eigenvalue weighted by atomic mass is 10.2. The number of carbonyl (C=O) groups is 1. The third-order valence-electron chi connectivity index (χ3n) is 2.38. The molecule has 3 N–H and O–H groups in total. The first-order chi connectivity index (χ1) is 8.99. The average molecular weight is 320 g/mol. The normalized spacial score (nSPS) is 12.1. The van der Waals surface area contributed by atoms with E-state index >= 15 is 0 Å². The van der Waals surface area contributed by atoms with Crippen LogP contribution in [0.25, 0.3) is 0 Å². The van der Waals surface area contributed by atoms with E-state index in [-0.39, 0.29) is 28.4 Å². The lowest BCUT2D eigenvalue weighted by Gasteiger charge is -2.07. The van der Waals surface area contributed by atoms with Crippen LogP contribution in [-0.2, 0) is 19.7 Å². The van der Waals surface area contributed by atoms with Crippen LogP contribution in [0.3, 0.4) is 0 Å². The van der Waals surface area contributed by atoms with Crippen molar-refractivity contribution < 1.29 is 21.6 Å². The van der Waals surface area contributed by atoms with E-state index in [2.05, 4.69) is 5.32 Å². The largest absolute Gasteiger partial charge is 0.399 e. The zero-order valence-electron chi connectivity index (χ0n) is 11.1. The Kier molecular flexibility index (Phi) is 4.77. The average Bonchev–Trinajstić information content (AvgIpc) is 2.25. The fourth-order valence-corrected chi connectivity index (χ4v) is 2.58. The van der Waals surface area contributed by atoms with Crippen molar-refractivity contribution in [2.45, 2.75) is 4.90 Å². The molecular weight excluding hydrogens is 304 g/mol. The lowest BCUT2D eigenvalue weighted by Crippen LogP contribution is -2.29. The molecule has 0 bridgehead atoms. The number of nitrogens with one attached hydrogen (secondary N) is 1. The number of nitrogens with two attached hydrogens (primary N) is 1. The van der Waals surface area contributed by atoms with E-state index in [4.69, 9.17) is 5.73 Å². The van der Waals surface area contributed by atoms with Gasteiger partial charge in [0.05, 0.1) is 10.6 Å². The summed E-state index contributed by atoms with van der Waals surface area (Å²) >= 11 is 0. The maximum Gasteiger partial charge on any atom is 0.251 e. The van der Waals surface area contributed by atoms with E-state index in [0.29, 0.717) is 0 Å². The van der Waals surface area contributed by atoms with Gasteiger partial charge in [-0.25, -0.2) is 16.8 Å². The molecule has 0 radical (unpaired) electrons. The third kappa shape index (κ3) is 5.17. The summed E-state index contributed by atoms with van der Waals surface area (Å²) in [5.74, 6) is -0.772. The molecule has 0 heterocycles. The first-order valence-corrected chi connectivity index (χ1v) is 9.51. The highest BCUT2D eigenvalue weighted by atomic mass is 32.2. The van der Waals surface area contributed by atoms with E-state index < -0.39 is 25.6 Å². The van der Waals surface area contributed by atoms with Gasteiger partial charge in [0, 0.05) is 30.3 Å². The standard InChI is InChI=1S/C11H16N2O5S2/c1-19(15,16)4-3-13-11(14)8-5-9(12)7-10(6-8)20(2,17)18/h5-7H,3-4,12H2,1-2H3,(H,13,14). The van der Waals surface area contributed by atoms with Gasteiger partial charge in [0.15, 0.2) is 9.84 Å². The quantitative estimate of drug-likeness (QED) is 0.701. The summed E-state index contributed by atoms with van der Waals surface area (Å²) in [4.78, 5) is 11.7.